The van der Waals surface area contributed by atoms with Crippen molar-refractivity contribution >= 4 is 23.4 Å². The second kappa shape index (κ2) is 3.05. The molecule has 1 heterocycles. The van der Waals surface area contributed by atoms with Crippen LogP contribution in [0.4, 0.5) is 0 Å². The van der Waals surface area contributed by atoms with Crippen LogP contribution in [0.15, 0.2) is 4.99 Å². The van der Waals surface area contributed by atoms with E-state index >= 15 is 0 Å². The Bertz CT molecular complexity index is 179. The van der Waals surface area contributed by atoms with Crippen molar-refractivity contribution in [3.63, 3.8) is 0 Å². The van der Waals surface area contributed by atoms with Gasteiger partial charge in [0, 0.05) is 0 Å². The largest absolute Gasteiger partial charge is 0.337 e. The van der Waals surface area contributed by atoms with Crippen LogP contribution in [0, 0.1) is 0 Å². The second-order valence-corrected chi connectivity index (χ2v) is 3.16. The van der Waals surface area contributed by atoms with Gasteiger partial charge in [0.1, 0.15) is 0 Å². The maximum absolute atomic E-state index is 10.9. The Labute approximate surface area is 64.3 Å². The molecule has 1 aliphatic rings. The van der Waals surface area contributed by atoms with Gasteiger partial charge in [-0.1, -0.05) is 0 Å². The Morgan fingerprint density at radius 2 is 2.50 bits per heavy atom. The molecule has 1 aliphatic heterocycles. The molecule has 0 aromatic heterocycles. The molecular formula is C6H10N2OS. The highest BCUT2D eigenvalue weighted by Gasteiger charge is 2.17. The van der Waals surface area contributed by atoms with Gasteiger partial charge in [0.25, 0.3) is 5.91 Å². The number of amides is 1. The van der Waals surface area contributed by atoms with E-state index < -0.39 is 0 Å². The van der Waals surface area contributed by atoms with Gasteiger partial charge in [-0.05, 0) is 13.2 Å². The molecule has 1 N–H and O–H groups in total. The molecule has 1 rings (SSSR count). The average Bonchev–Trinajstić information content (AvgIpc) is 1.95. The van der Waals surface area contributed by atoms with Crippen LogP contribution in [0.1, 0.15) is 6.92 Å². The zero-order valence-electron chi connectivity index (χ0n) is 6.05. The maximum atomic E-state index is 10.9. The first-order valence-electron chi connectivity index (χ1n) is 3.08. The summed E-state index contributed by atoms with van der Waals surface area (Å²) < 4.78 is 0. The molecule has 0 saturated heterocycles. The number of carbonyl (C=O) groups excluding carboxylic acids is 1. The first kappa shape index (κ1) is 7.60. The lowest BCUT2D eigenvalue weighted by atomic mass is 10.3. The Kier molecular flexibility index (Phi) is 2.32. The highest BCUT2D eigenvalue weighted by molar-refractivity contribution is 7.99. The highest BCUT2D eigenvalue weighted by atomic mass is 32.2. The van der Waals surface area contributed by atoms with Gasteiger partial charge in [-0.2, -0.15) is 0 Å². The molecule has 0 aromatic carbocycles. The van der Waals surface area contributed by atoms with Crippen LogP contribution in [0.25, 0.3) is 0 Å². The smallest absolute Gasteiger partial charge is 0.265 e. The third-order valence-electron chi connectivity index (χ3n) is 1.40. The van der Waals surface area contributed by atoms with Crippen molar-refractivity contribution in [3.05, 3.63) is 0 Å². The van der Waals surface area contributed by atoms with Gasteiger partial charge in [0.15, 0.2) is 0 Å². The lowest BCUT2D eigenvalue weighted by Crippen LogP contribution is -2.42. The van der Waals surface area contributed by atoms with Crippen LogP contribution in [0.3, 0.4) is 0 Å². The summed E-state index contributed by atoms with van der Waals surface area (Å²) in [6.07, 6.45) is 1.96. The van der Waals surface area contributed by atoms with E-state index in [1.807, 2.05) is 6.26 Å². The van der Waals surface area contributed by atoms with E-state index in [1.54, 1.807) is 18.7 Å². The minimum Gasteiger partial charge on any atom is -0.337 e. The molecule has 1 amide bonds. The molecular weight excluding hydrogens is 148 g/mol. The van der Waals surface area contributed by atoms with Gasteiger partial charge in [-0.3, -0.25) is 9.79 Å². The van der Waals surface area contributed by atoms with Crippen LogP contribution in [0.5, 0.6) is 0 Å². The Morgan fingerprint density at radius 1 is 1.80 bits per heavy atom. The molecule has 0 radical (unpaired) electrons. The van der Waals surface area contributed by atoms with Crippen molar-refractivity contribution in [3.8, 4) is 0 Å². The lowest BCUT2D eigenvalue weighted by molar-refractivity contribution is -0.115. The molecule has 56 valence electrons. The molecule has 0 aliphatic carbocycles. The number of aliphatic imine (C=N–C) groups is 1. The van der Waals surface area contributed by atoms with Crippen LogP contribution in [-0.2, 0) is 4.79 Å². The van der Waals surface area contributed by atoms with E-state index in [0.717, 1.165) is 0 Å². The van der Waals surface area contributed by atoms with Gasteiger partial charge >= 0.3 is 0 Å². The van der Waals surface area contributed by atoms with E-state index in [9.17, 15) is 4.79 Å². The van der Waals surface area contributed by atoms with E-state index in [0.29, 0.717) is 12.3 Å². The standard InChI is InChI=1S/C6H10N2OS/c1-4-6(9)8-5(10-2)3-7-4/h5H,3H2,1-2H3,(H,8,9). The molecule has 4 heteroatoms. The predicted molar refractivity (Wildman–Crippen MR) is 43.4 cm³/mol. The quantitative estimate of drug-likeness (QED) is 0.595. The Morgan fingerprint density at radius 3 is 3.00 bits per heavy atom. The number of hydrogen-bond donors (Lipinski definition) is 1. The van der Waals surface area contributed by atoms with Crippen LogP contribution in [0.2, 0.25) is 0 Å². The summed E-state index contributed by atoms with van der Waals surface area (Å²) in [4.78, 5) is 15.0. The molecule has 3 nitrogen and oxygen atoms in total. The highest BCUT2D eigenvalue weighted by Crippen LogP contribution is 2.06. The van der Waals surface area contributed by atoms with Crippen LogP contribution >= 0.6 is 11.8 Å². The number of nitrogens with one attached hydrogen (secondary N) is 1. The molecule has 0 fully saturated rings. The predicted octanol–water partition coefficient (Wildman–Crippen LogP) is 0.266. The van der Waals surface area contributed by atoms with E-state index in [4.69, 9.17) is 0 Å². The normalized spacial score (nSPS) is 25.6. The molecule has 0 saturated carbocycles. The summed E-state index contributed by atoms with van der Waals surface area (Å²) in [6.45, 7) is 2.44. The van der Waals surface area contributed by atoms with Crippen molar-refractivity contribution in [1.82, 2.24) is 5.32 Å². The Balaban J connectivity index is 2.59. The van der Waals surface area contributed by atoms with Gasteiger partial charge in [0.05, 0.1) is 17.6 Å². The minimum atomic E-state index is -0.0365. The second-order valence-electron chi connectivity index (χ2n) is 2.12. The SMILES string of the molecule is CSC1CN=C(C)C(=O)N1. The van der Waals surface area contributed by atoms with Crippen molar-refractivity contribution in [1.29, 1.82) is 0 Å². The molecule has 10 heavy (non-hydrogen) atoms. The first-order valence-corrected chi connectivity index (χ1v) is 4.37. The summed E-state index contributed by atoms with van der Waals surface area (Å²) >= 11 is 1.61. The van der Waals surface area contributed by atoms with Crippen molar-refractivity contribution in [2.24, 2.45) is 4.99 Å². The summed E-state index contributed by atoms with van der Waals surface area (Å²) in [5.74, 6) is -0.0365. The van der Waals surface area contributed by atoms with Gasteiger partial charge in [-0.15, -0.1) is 11.8 Å². The van der Waals surface area contributed by atoms with Gasteiger partial charge in [0.2, 0.25) is 0 Å². The summed E-state index contributed by atoms with van der Waals surface area (Å²) in [5.41, 5.74) is 0.588. The first-order chi connectivity index (χ1) is 4.74. The third kappa shape index (κ3) is 1.50. The maximum Gasteiger partial charge on any atom is 0.265 e. The zero-order chi connectivity index (χ0) is 7.56. The summed E-state index contributed by atoms with van der Waals surface area (Å²) in [6, 6.07) is 0. The van der Waals surface area contributed by atoms with E-state index in [2.05, 4.69) is 10.3 Å². The molecule has 1 unspecified atom stereocenters. The van der Waals surface area contributed by atoms with Crippen LogP contribution < -0.4 is 5.32 Å². The number of thioether (sulfide) groups is 1. The zero-order valence-corrected chi connectivity index (χ0v) is 6.86. The molecule has 0 bridgehead atoms. The summed E-state index contributed by atoms with van der Waals surface area (Å²) in [5, 5.41) is 2.99. The fraction of sp³-hybridized carbons (Fsp3) is 0.667. The third-order valence-corrected chi connectivity index (χ3v) is 2.24. The minimum absolute atomic E-state index is 0.0365. The topological polar surface area (TPSA) is 41.5 Å². The monoisotopic (exact) mass is 158 g/mol. The van der Waals surface area contributed by atoms with Crippen molar-refractivity contribution in [2.75, 3.05) is 12.8 Å². The number of nitrogens with zero attached hydrogens (tertiary/aromatic N) is 1. The van der Waals surface area contributed by atoms with E-state index in [1.165, 1.54) is 0 Å². The average molecular weight is 158 g/mol. The Hall–Kier alpha value is -0.510. The number of carbonyl (C=O) groups is 1. The van der Waals surface area contributed by atoms with Crippen molar-refractivity contribution in [2.45, 2.75) is 12.3 Å². The molecule has 0 aromatic rings. The van der Waals surface area contributed by atoms with Gasteiger partial charge < -0.3 is 5.32 Å². The van der Waals surface area contributed by atoms with Crippen LogP contribution in [-0.4, -0.2) is 29.8 Å². The van der Waals surface area contributed by atoms with Crippen molar-refractivity contribution < 1.29 is 4.79 Å². The molecule has 0 spiro atoms. The fourth-order valence-corrected chi connectivity index (χ4v) is 1.17. The molecule has 1 atom stereocenters. The van der Waals surface area contributed by atoms with Gasteiger partial charge in [-0.25, -0.2) is 0 Å². The summed E-state index contributed by atoms with van der Waals surface area (Å²) in [7, 11) is 0. The van der Waals surface area contributed by atoms with E-state index in [-0.39, 0.29) is 11.3 Å². The number of rotatable bonds is 1. The number of hydrogen-bond acceptors (Lipinski definition) is 3. The lowest BCUT2D eigenvalue weighted by Gasteiger charge is -2.18. The fourth-order valence-electron chi connectivity index (χ4n) is 0.721.